The minimum Gasteiger partial charge on any atom is -0.497 e. The summed E-state index contributed by atoms with van der Waals surface area (Å²) >= 11 is 0. The van der Waals surface area contributed by atoms with Gasteiger partial charge in [-0.1, -0.05) is 26.0 Å². The third kappa shape index (κ3) is 5.52. The smallest absolute Gasteiger partial charge is 0.374 e. The van der Waals surface area contributed by atoms with Crippen molar-refractivity contribution in [3.63, 3.8) is 0 Å². The molecule has 0 spiro atoms. The summed E-state index contributed by atoms with van der Waals surface area (Å²) in [5.41, 5.74) is 0.895. The van der Waals surface area contributed by atoms with E-state index in [0.29, 0.717) is 36.1 Å². The number of carbonyl (C=O) groups excluding carboxylic acids is 1. The van der Waals surface area contributed by atoms with Crippen LogP contribution in [0.1, 0.15) is 49.8 Å². The van der Waals surface area contributed by atoms with Crippen molar-refractivity contribution in [1.82, 2.24) is 23.6 Å². The molecule has 0 N–H and O–H groups in total. The predicted octanol–water partition coefficient (Wildman–Crippen LogP) is 3.05. The number of esters is 1. The van der Waals surface area contributed by atoms with Gasteiger partial charge in [0.1, 0.15) is 11.3 Å². The Morgan fingerprint density at radius 1 is 1.10 bits per heavy atom. The Kier molecular flexibility index (Phi) is 7.77. The predicted molar refractivity (Wildman–Crippen MR) is 151 cm³/mol. The molecule has 2 aromatic heterocycles. The van der Waals surface area contributed by atoms with Gasteiger partial charge >= 0.3 is 5.97 Å². The number of rotatable bonds is 10. The quantitative estimate of drug-likeness (QED) is 0.340. The topological polar surface area (TPSA) is 110 Å². The number of fused-ring (bicyclic) bond motifs is 1. The van der Waals surface area contributed by atoms with Crippen LogP contribution in [0.2, 0.25) is 0 Å². The Morgan fingerprint density at radius 2 is 1.77 bits per heavy atom. The molecule has 1 aliphatic carbocycles. The van der Waals surface area contributed by atoms with Crippen LogP contribution in [0, 0.1) is 5.92 Å². The van der Waals surface area contributed by atoms with Gasteiger partial charge in [-0.3, -0.25) is 9.30 Å². The van der Waals surface area contributed by atoms with Crippen LogP contribution in [0.15, 0.2) is 41.7 Å². The molecule has 2 aliphatic rings. The average Bonchev–Trinajstić information content (AvgIpc) is 3.54. The summed E-state index contributed by atoms with van der Waals surface area (Å²) in [5, 5.41) is -0.121. The average molecular weight is 571 g/mol. The van der Waals surface area contributed by atoms with Crippen molar-refractivity contribution < 1.29 is 22.7 Å². The summed E-state index contributed by atoms with van der Waals surface area (Å²) < 4.78 is 41.9. The molecule has 0 amide bonds. The van der Waals surface area contributed by atoms with Crippen LogP contribution in [0.3, 0.4) is 0 Å². The normalized spacial score (nSPS) is 17.5. The largest absolute Gasteiger partial charge is 0.497 e. The van der Waals surface area contributed by atoms with Crippen molar-refractivity contribution in [2.45, 2.75) is 50.7 Å². The highest BCUT2D eigenvalue weighted by Crippen LogP contribution is 2.45. The molecule has 0 radical (unpaired) electrons. The SMILES string of the molecule is COC(=O)c1ncc2c(N3CCN(CC(C)C)CC3)nc(S(=O)(=O)N(Cc3ccc(OC)cc3)C3(C)CC3)cn12. The van der Waals surface area contributed by atoms with Gasteiger partial charge < -0.3 is 14.4 Å². The fourth-order valence-electron chi connectivity index (χ4n) is 5.22. The first-order valence-electron chi connectivity index (χ1n) is 13.7. The third-order valence-electron chi connectivity index (χ3n) is 7.76. The number of sulfonamides is 1. The number of methoxy groups -OCH3 is 2. The molecule has 0 bridgehead atoms. The number of anilines is 1. The van der Waals surface area contributed by atoms with Crippen LogP contribution in [-0.4, -0.2) is 90.4 Å². The third-order valence-corrected chi connectivity index (χ3v) is 9.64. The van der Waals surface area contributed by atoms with Crippen LogP contribution in [-0.2, 0) is 21.3 Å². The van der Waals surface area contributed by atoms with E-state index < -0.39 is 21.5 Å². The Morgan fingerprint density at radius 3 is 2.35 bits per heavy atom. The first-order chi connectivity index (χ1) is 19.1. The minimum absolute atomic E-state index is 0.00961. The highest BCUT2D eigenvalue weighted by atomic mass is 32.2. The summed E-state index contributed by atoms with van der Waals surface area (Å²) in [7, 11) is -1.19. The molecule has 3 aromatic rings. The zero-order chi connectivity index (χ0) is 28.7. The second-order valence-electron chi connectivity index (χ2n) is 11.3. The molecule has 11 nitrogen and oxygen atoms in total. The Bertz CT molecular complexity index is 1470. The van der Waals surface area contributed by atoms with E-state index in [9.17, 15) is 13.2 Å². The van der Waals surface area contributed by atoms with E-state index in [1.54, 1.807) is 13.3 Å². The van der Waals surface area contributed by atoms with E-state index in [2.05, 4.69) is 28.6 Å². The number of benzene rings is 1. The van der Waals surface area contributed by atoms with Crippen LogP contribution >= 0.6 is 0 Å². The lowest BCUT2D eigenvalue weighted by atomic mass is 10.2. The standard InChI is InChI=1S/C28H38N6O5S/c1-20(2)17-31-12-14-32(15-13-31)25-23-16-29-26(27(35)39-5)33(23)19-24(30-25)40(36,37)34(28(3)10-11-28)18-21-6-8-22(38-4)9-7-21/h6-9,16,19-20H,10-15,17-18H2,1-5H3. The number of imidazole rings is 1. The van der Waals surface area contributed by atoms with Gasteiger partial charge in [0, 0.05) is 44.8 Å². The monoisotopic (exact) mass is 570 g/mol. The van der Waals surface area contributed by atoms with E-state index >= 15 is 0 Å². The lowest BCUT2D eigenvalue weighted by Crippen LogP contribution is -2.48. The molecule has 1 saturated carbocycles. The van der Waals surface area contributed by atoms with E-state index in [1.807, 2.05) is 31.2 Å². The summed E-state index contributed by atoms with van der Waals surface area (Å²) in [5.74, 6) is 1.12. The van der Waals surface area contributed by atoms with E-state index in [1.165, 1.54) is 22.0 Å². The van der Waals surface area contributed by atoms with Gasteiger partial charge in [-0.2, -0.15) is 4.31 Å². The number of aromatic nitrogens is 3. The van der Waals surface area contributed by atoms with E-state index in [-0.39, 0.29) is 17.4 Å². The fourth-order valence-corrected chi connectivity index (χ4v) is 6.97. The number of nitrogens with zero attached hydrogens (tertiary/aromatic N) is 6. The molecule has 0 atom stereocenters. The second kappa shape index (κ2) is 11.0. The number of hydrogen-bond donors (Lipinski definition) is 0. The van der Waals surface area contributed by atoms with Crippen molar-refractivity contribution in [1.29, 1.82) is 0 Å². The Balaban J connectivity index is 1.56. The lowest BCUT2D eigenvalue weighted by Gasteiger charge is -2.36. The second-order valence-corrected chi connectivity index (χ2v) is 13.1. The first kappa shape index (κ1) is 28.3. The van der Waals surface area contributed by atoms with Crippen molar-refractivity contribution in [2.75, 3.05) is 51.8 Å². The molecule has 2 fully saturated rings. The molecule has 1 saturated heterocycles. The van der Waals surface area contributed by atoms with Crippen molar-refractivity contribution >= 4 is 27.3 Å². The van der Waals surface area contributed by atoms with Gasteiger partial charge in [0.25, 0.3) is 10.0 Å². The van der Waals surface area contributed by atoms with Gasteiger partial charge in [0.15, 0.2) is 10.8 Å². The van der Waals surface area contributed by atoms with Gasteiger partial charge in [0.05, 0.1) is 26.6 Å². The highest BCUT2D eigenvalue weighted by Gasteiger charge is 2.50. The van der Waals surface area contributed by atoms with Crippen molar-refractivity contribution in [3.05, 3.63) is 48.0 Å². The number of carbonyl (C=O) groups is 1. The Labute approximate surface area is 235 Å². The highest BCUT2D eigenvalue weighted by molar-refractivity contribution is 7.89. The maximum Gasteiger partial charge on any atom is 0.374 e. The van der Waals surface area contributed by atoms with Crippen LogP contribution in [0.25, 0.3) is 5.52 Å². The molecule has 12 heteroatoms. The van der Waals surface area contributed by atoms with Crippen LogP contribution < -0.4 is 9.64 Å². The molecule has 3 heterocycles. The zero-order valence-electron chi connectivity index (χ0n) is 23.8. The summed E-state index contributed by atoms with van der Waals surface area (Å²) in [6, 6.07) is 7.39. The summed E-state index contributed by atoms with van der Waals surface area (Å²) in [4.78, 5) is 26.1. The molecular formula is C28H38N6O5S. The van der Waals surface area contributed by atoms with Crippen LogP contribution in [0.4, 0.5) is 5.82 Å². The van der Waals surface area contributed by atoms with Gasteiger partial charge in [-0.15, -0.1) is 0 Å². The Hall–Kier alpha value is -3.22. The van der Waals surface area contributed by atoms with E-state index in [0.717, 1.165) is 38.0 Å². The molecule has 5 rings (SSSR count). The van der Waals surface area contributed by atoms with Gasteiger partial charge in [-0.25, -0.2) is 23.2 Å². The summed E-state index contributed by atoms with van der Waals surface area (Å²) in [6.07, 6.45) is 4.47. The first-order valence-corrected chi connectivity index (χ1v) is 15.1. The molecule has 216 valence electrons. The molecule has 0 unspecified atom stereocenters. The van der Waals surface area contributed by atoms with Gasteiger partial charge in [0.2, 0.25) is 5.82 Å². The van der Waals surface area contributed by atoms with Crippen molar-refractivity contribution in [3.8, 4) is 5.75 Å². The lowest BCUT2D eigenvalue weighted by molar-refractivity contribution is 0.0586. The fraction of sp³-hybridized carbons (Fsp3) is 0.536. The molecular weight excluding hydrogens is 532 g/mol. The zero-order valence-corrected chi connectivity index (χ0v) is 24.6. The minimum atomic E-state index is -4.06. The van der Waals surface area contributed by atoms with Crippen molar-refractivity contribution in [2.24, 2.45) is 5.92 Å². The van der Waals surface area contributed by atoms with Crippen LogP contribution in [0.5, 0.6) is 5.75 Å². The number of hydrogen-bond acceptors (Lipinski definition) is 9. The molecule has 1 aliphatic heterocycles. The number of ether oxygens (including phenoxy) is 2. The maximum atomic E-state index is 14.3. The molecule has 1 aromatic carbocycles. The summed E-state index contributed by atoms with van der Waals surface area (Å²) in [6.45, 7) is 10.6. The van der Waals surface area contributed by atoms with Gasteiger partial charge in [-0.05, 0) is 43.4 Å². The molecule has 40 heavy (non-hydrogen) atoms. The van der Waals surface area contributed by atoms with E-state index in [4.69, 9.17) is 14.5 Å². The maximum absolute atomic E-state index is 14.3. The number of piperazine rings is 1.